The van der Waals surface area contributed by atoms with Crippen molar-refractivity contribution in [2.75, 3.05) is 0 Å². The molecular weight excluding hydrogens is 653 g/mol. The van der Waals surface area contributed by atoms with Crippen LogP contribution in [-0.4, -0.2) is 5.60 Å². The fraction of sp³-hybridized carbons (Fsp3) is 0.208. The van der Waals surface area contributed by atoms with E-state index in [1.807, 2.05) is 0 Å². The number of benzene rings is 5. The van der Waals surface area contributed by atoms with Crippen molar-refractivity contribution in [2.24, 2.45) is 17.8 Å². The van der Waals surface area contributed by atoms with Gasteiger partial charge in [-0.2, -0.15) is 0 Å². The Kier molecular flexibility index (Phi) is 7.34. The lowest BCUT2D eigenvalue weighted by Gasteiger charge is -2.39. The summed E-state index contributed by atoms with van der Waals surface area (Å²) in [5, 5.41) is 0. The Morgan fingerprint density at radius 3 is 2.41 bits per heavy atom. The van der Waals surface area contributed by atoms with Crippen LogP contribution in [-0.2, 0) is 6.42 Å². The van der Waals surface area contributed by atoms with E-state index in [0.29, 0.717) is 17.8 Å². The Balaban J connectivity index is 0.992. The lowest BCUT2D eigenvalue weighted by molar-refractivity contribution is 0.110. The predicted octanol–water partition coefficient (Wildman–Crippen LogP) is 12.8. The van der Waals surface area contributed by atoms with Crippen molar-refractivity contribution in [2.45, 2.75) is 50.0 Å². The molecule has 0 saturated carbocycles. The van der Waals surface area contributed by atoms with Crippen LogP contribution in [0.5, 0.6) is 5.75 Å². The van der Waals surface area contributed by atoms with Crippen LogP contribution in [0.25, 0.3) is 22.3 Å². The highest BCUT2D eigenvalue weighted by atomic mass is 16.5. The summed E-state index contributed by atoms with van der Waals surface area (Å²) in [5.74, 6) is 2.69. The van der Waals surface area contributed by atoms with E-state index >= 15 is 0 Å². The first kappa shape index (κ1) is 31.8. The van der Waals surface area contributed by atoms with Crippen molar-refractivity contribution in [3.05, 3.63) is 220 Å². The van der Waals surface area contributed by atoms with Crippen LogP contribution in [0.2, 0.25) is 0 Å². The van der Waals surface area contributed by atoms with Crippen molar-refractivity contribution >= 4 is 11.1 Å². The summed E-state index contributed by atoms with van der Waals surface area (Å²) in [6, 6.07) is 43.9. The largest absolute Gasteiger partial charge is 0.483 e. The highest BCUT2D eigenvalue weighted by Gasteiger charge is 2.50. The summed E-state index contributed by atoms with van der Waals surface area (Å²) in [4.78, 5) is 0. The third-order valence-electron chi connectivity index (χ3n) is 13.2. The van der Waals surface area contributed by atoms with E-state index < -0.39 is 0 Å². The molecule has 1 heterocycles. The fourth-order valence-electron chi connectivity index (χ4n) is 10.8. The number of allylic oxidation sites excluding steroid dienone is 9. The van der Waals surface area contributed by atoms with Crippen LogP contribution in [0.1, 0.15) is 82.5 Å². The molecule has 0 amide bonds. The van der Waals surface area contributed by atoms with Gasteiger partial charge in [-0.15, -0.1) is 0 Å². The second kappa shape index (κ2) is 12.5. The summed E-state index contributed by atoms with van der Waals surface area (Å²) in [5.41, 5.74) is 17.6. The Morgan fingerprint density at radius 2 is 1.44 bits per heavy atom. The van der Waals surface area contributed by atoms with Gasteiger partial charge in [-0.1, -0.05) is 151 Å². The van der Waals surface area contributed by atoms with E-state index in [-0.39, 0.29) is 17.4 Å². The highest BCUT2D eigenvalue weighted by Crippen LogP contribution is 2.56. The van der Waals surface area contributed by atoms with Crippen LogP contribution in [0, 0.1) is 17.8 Å². The molecule has 0 radical (unpaired) electrons. The van der Waals surface area contributed by atoms with Crippen LogP contribution < -0.4 is 4.74 Å². The fourth-order valence-corrected chi connectivity index (χ4v) is 10.8. The normalized spacial score (nSPS) is 26.8. The van der Waals surface area contributed by atoms with Gasteiger partial charge in [0.2, 0.25) is 0 Å². The van der Waals surface area contributed by atoms with Gasteiger partial charge in [0, 0.05) is 29.2 Å². The molecule has 0 aromatic heterocycles. The molecule has 5 aliphatic carbocycles. The summed E-state index contributed by atoms with van der Waals surface area (Å²) in [7, 11) is 0. The van der Waals surface area contributed by atoms with Gasteiger partial charge in [0.05, 0.1) is 0 Å². The second-order valence-electron chi connectivity index (χ2n) is 16.3. The van der Waals surface area contributed by atoms with E-state index in [1.54, 1.807) is 5.57 Å². The maximum atomic E-state index is 6.70. The first-order valence-corrected chi connectivity index (χ1v) is 20.0. The van der Waals surface area contributed by atoms with Crippen molar-refractivity contribution in [3.63, 3.8) is 0 Å². The lowest BCUT2D eigenvalue weighted by atomic mass is 9.65. The van der Waals surface area contributed by atoms with Gasteiger partial charge >= 0.3 is 0 Å². The number of hydrogen-bond donors (Lipinski definition) is 0. The van der Waals surface area contributed by atoms with Crippen molar-refractivity contribution in [1.29, 1.82) is 0 Å². The Hall–Kier alpha value is -5.66. The molecule has 0 bridgehead atoms. The van der Waals surface area contributed by atoms with Gasteiger partial charge in [-0.3, -0.25) is 0 Å². The van der Waals surface area contributed by atoms with Gasteiger partial charge < -0.3 is 4.74 Å². The zero-order chi connectivity index (χ0) is 35.8. The number of fused-ring (bicyclic) bond motifs is 8. The van der Waals surface area contributed by atoms with Gasteiger partial charge in [0.25, 0.3) is 0 Å². The minimum Gasteiger partial charge on any atom is -0.483 e. The van der Waals surface area contributed by atoms with Gasteiger partial charge in [-0.25, -0.2) is 0 Å². The molecule has 5 aromatic rings. The zero-order valence-corrected chi connectivity index (χ0v) is 30.8. The van der Waals surface area contributed by atoms with E-state index in [9.17, 15) is 0 Å². The summed E-state index contributed by atoms with van der Waals surface area (Å²) in [6.45, 7) is 2.26. The maximum Gasteiger partial charge on any atom is 0.132 e. The average Bonchev–Trinajstić information content (AvgIpc) is 3.54. The minimum absolute atomic E-state index is 0.247. The number of ether oxygens (including phenoxy) is 1. The van der Waals surface area contributed by atoms with Crippen LogP contribution in [0.4, 0.5) is 0 Å². The standard InChI is InChI=1S/C53H44O/c1-53-30-29-35-14-3-5-21-43(35)52(53)48-33-37(27-28-49(48)54-53)36-16-10-18-39(31-36)50-44-22-6-8-24-46(44)51(47-25-9-7-23-45(47)50)40-19-11-17-38(32-40)42-26-12-15-34-13-2-4-20-41(34)42/h2-8,10-11,13-14,16-24,26-33,35,43,45,50,52H,9,12,15,25H2,1H3. The smallest absolute Gasteiger partial charge is 0.132 e. The monoisotopic (exact) mass is 696 g/mol. The first-order chi connectivity index (χ1) is 26.6. The van der Waals surface area contributed by atoms with E-state index in [4.69, 9.17) is 4.74 Å². The molecule has 5 aromatic carbocycles. The van der Waals surface area contributed by atoms with Crippen molar-refractivity contribution < 1.29 is 4.74 Å². The first-order valence-electron chi connectivity index (χ1n) is 20.0. The Bertz CT molecular complexity index is 2530. The molecule has 6 atom stereocenters. The summed E-state index contributed by atoms with van der Waals surface area (Å²) >= 11 is 0. The van der Waals surface area contributed by atoms with E-state index in [1.165, 1.54) is 66.8 Å². The minimum atomic E-state index is -0.323. The van der Waals surface area contributed by atoms with Crippen LogP contribution in [0.15, 0.2) is 176 Å². The third kappa shape index (κ3) is 4.98. The average molecular weight is 697 g/mol. The zero-order valence-electron chi connectivity index (χ0n) is 30.8. The molecule has 0 spiro atoms. The second-order valence-corrected chi connectivity index (χ2v) is 16.3. The van der Waals surface area contributed by atoms with Crippen molar-refractivity contribution in [3.8, 4) is 16.9 Å². The number of rotatable bonds is 4. The van der Waals surface area contributed by atoms with Gasteiger partial charge in [0.15, 0.2) is 0 Å². The molecule has 0 N–H and O–H groups in total. The Morgan fingerprint density at radius 1 is 0.630 bits per heavy atom. The molecule has 54 heavy (non-hydrogen) atoms. The third-order valence-corrected chi connectivity index (χ3v) is 13.2. The maximum absolute atomic E-state index is 6.70. The molecule has 0 saturated heterocycles. The summed E-state index contributed by atoms with van der Waals surface area (Å²) in [6.07, 6.45) is 25.6. The molecule has 1 heteroatoms. The molecule has 6 unspecified atom stereocenters. The lowest BCUT2D eigenvalue weighted by Crippen LogP contribution is -2.41. The molecule has 6 aliphatic rings. The highest BCUT2D eigenvalue weighted by molar-refractivity contribution is 5.90. The van der Waals surface area contributed by atoms with E-state index in [0.717, 1.165) is 31.4 Å². The van der Waals surface area contributed by atoms with E-state index in [2.05, 4.69) is 177 Å². The van der Waals surface area contributed by atoms with Crippen LogP contribution in [0.3, 0.4) is 0 Å². The predicted molar refractivity (Wildman–Crippen MR) is 223 cm³/mol. The summed E-state index contributed by atoms with van der Waals surface area (Å²) < 4.78 is 6.70. The quantitative estimate of drug-likeness (QED) is 0.170. The van der Waals surface area contributed by atoms with Gasteiger partial charge in [-0.05, 0) is 124 Å². The molecule has 1 nitrogen and oxygen atoms in total. The topological polar surface area (TPSA) is 9.23 Å². The molecule has 0 fully saturated rings. The number of hydrogen-bond acceptors (Lipinski definition) is 1. The molecule has 11 rings (SSSR count). The molecule has 262 valence electrons. The Labute approximate surface area is 319 Å². The number of aryl methyl sites for hydroxylation is 1. The molecular formula is C53H44O. The SMILES string of the molecule is CC12C=CC3C=CC=CC3C1c1cc(-c3cccc(C4c5ccccc5C(c5cccc(C6=CCCc7ccccc76)c5)=C5CCC=CC54)c3)ccc1O2. The van der Waals surface area contributed by atoms with Crippen molar-refractivity contribution in [1.82, 2.24) is 0 Å². The van der Waals surface area contributed by atoms with Gasteiger partial charge in [0.1, 0.15) is 11.4 Å². The van der Waals surface area contributed by atoms with Crippen LogP contribution >= 0.6 is 0 Å². The molecule has 1 aliphatic heterocycles.